The van der Waals surface area contributed by atoms with E-state index >= 15 is 0 Å². The Bertz CT molecular complexity index is 265. The molecule has 0 aliphatic carbocycles. The molecule has 0 aliphatic heterocycles. The summed E-state index contributed by atoms with van der Waals surface area (Å²) in [6.07, 6.45) is 36.7. The standard InChI is InChI=1S/C27H52/c1-3-5-7-9-11-13-15-17-19-21-23-25-27-26-24-22-20-18-16-14-12-10-8-6-4-2/h13,15H,1-12,14,16-27H2/b15-13+. The van der Waals surface area contributed by atoms with Crippen LogP contribution in [0, 0.1) is 13.8 Å². The van der Waals surface area contributed by atoms with Gasteiger partial charge in [0.2, 0.25) is 0 Å². The topological polar surface area (TPSA) is 0 Å². The highest BCUT2D eigenvalue weighted by molar-refractivity contribution is 4.81. The molecule has 0 aromatic heterocycles. The lowest BCUT2D eigenvalue weighted by molar-refractivity contribution is 0.528. The fraction of sp³-hybridized carbons (Fsp3) is 0.852. The van der Waals surface area contributed by atoms with Crippen LogP contribution in [0.15, 0.2) is 12.2 Å². The summed E-state index contributed by atoms with van der Waals surface area (Å²) < 4.78 is 0. The molecule has 0 N–H and O–H groups in total. The molecule has 0 rings (SSSR count). The van der Waals surface area contributed by atoms with Crippen molar-refractivity contribution in [2.75, 3.05) is 0 Å². The number of hydrogen-bond donors (Lipinski definition) is 0. The number of rotatable bonds is 23. The van der Waals surface area contributed by atoms with E-state index in [0.717, 1.165) is 12.8 Å². The van der Waals surface area contributed by atoms with Gasteiger partial charge in [0.15, 0.2) is 0 Å². The molecule has 0 heterocycles. The molecule has 27 heavy (non-hydrogen) atoms. The van der Waals surface area contributed by atoms with Crippen LogP contribution in [0.5, 0.6) is 0 Å². The lowest BCUT2D eigenvalue weighted by atomic mass is 10.0. The van der Waals surface area contributed by atoms with Crippen molar-refractivity contribution in [3.63, 3.8) is 0 Å². The molecule has 160 valence electrons. The molecule has 0 heteroatoms. The summed E-state index contributed by atoms with van der Waals surface area (Å²) in [5.74, 6) is 0. The van der Waals surface area contributed by atoms with Crippen LogP contribution in [0.25, 0.3) is 0 Å². The Morgan fingerprint density at radius 1 is 0.296 bits per heavy atom. The number of hydrogen-bond acceptors (Lipinski definition) is 0. The second-order valence-electron chi connectivity index (χ2n) is 8.47. The van der Waals surface area contributed by atoms with E-state index in [1.165, 1.54) is 135 Å². The van der Waals surface area contributed by atoms with Crippen molar-refractivity contribution < 1.29 is 0 Å². The van der Waals surface area contributed by atoms with Crippen molar-refractivity contribution >= 4 is 0 Å². The van der Waals surface area contributed by atoms with Gasteiger partial charge in [0.05, 0.1) is 0 Å². The van der Waals surface area contributed by atoms with E-state index < -0.39 is 0 Å². The van der Waals surface area contributed by atoms with Gasteiger partial charge in [-0.05, 0) is 25.7 Å². The van der Waals surface area contributed by atoms with E-state index in [-0.39, 0.29) is 0 Å². The van der Waals surface area contributed by atoms with Gasteiger partial charge in [-0.25, -0.2) is 0 Å². The van der Waals surface area contributed by atoms with Crippen LogP contribution in [-0.2, 0) is 0 Å². The molecular weight excluding hydrogens is 324 g/mol. The number of allylic oxidation sites excluding steroid dienone is 2. The van der Waals surface area contributed by atoms with Crippen molar-refractivity contribution in [1.82, 2.24) is 0 Å². The maximum Gasteiger partial charge on any atom is -0.0351 e. The van der Waals surface area contributed by atoms with Gasteiger partial charge in [-0.1, -0.05) is 148 Å². The van der Waals surface area contributed by atoms with Gasteiger partial charge >= 0.3 is 0 Å². The quantitative estimate of drug-likeness (QED) is 0.123. The highest BCUT2D eigenvalue weighted by atomic mass is 14.0. The first kappa shape index (κ1) is 26.7. The molecule has 0 atom stereocenters. The predicted octanol–water partition coefficient (Wildman–Crippen LogP) is 10.2. The van der Waals surface area contributed by atoms with Crippen LogP contribution in [0.3, 0.4) is 0 Å². The van der Waals surface area contributed by atoms with Crippen LogP contribution in [0.4, 0.5) is 0 Å². The second-order valence-corrected chi connectivity index (χ2v) is 8.47. The Hall–Kier alpha value is -0.260. The van der Waals surface area contributed by atoms with Crippen LogP contribution >= 0.6 is 0 Å². The average molecular weight is 377 g/mol. The maximum absolute atomic E-state index is 3.91. The molecule has 0 aliphatic rings. The molecule has 0 aromatic rings. The molecular formula is C27H52. The highest BCUT2D eigenvalue weighted by Gasteiger charge is 1.94. The first-order valence-corrected chi connectivity index (χ1v) is 12.6. The fourth-order valence-corrected chi connectivity index (χ4v) is 3.77. The van der Waals surface area contributed by atoms with E-state index in [4.69, 9.17) is 0 Å². The second kappa shape index (κ2) is 25.7. The molecule has 0 bridgehead atoms. The monoisotopic (exact) mass is 376 g/mol. The van der Waals surface area contributed by atoms with Crippen molar-refractivity contribution in [2.24, 2.45) is 0 Å². The highest BCUT2D eigenvalue weighted by Crippen LogP contribution is 2.14. The number of unbranched alkanes of at least 4 members (excludes halogenated alkanes) is 21. The smallest absolute Gasteiger partial charge is 0.0351 e. The zero-order valence-electron chi connectivity index (χ0n) is 18.8. The van der Waals surface area contributed by atoms with Crippen molar-refractivity contribution in [2.45, 2.75) is 148 Å². The first-order chi connectivity index (χ1) is 13.4. The Labute approximate surface area is 174 Å². The third-order valence-corrected chi connectivity index (χ3v) is 5.66. The molecule has 0 saturated carbocycles. The largest absolute Gasteiger partial charge is 0.0885 e. The minimum absolute atomic E-state index is 1.10. The SMILES string of the molecule is [CH2]CCCCC/C=C/CCCCCCCCCCCCCCCCCC[CH2]. The molecule has 0 fully saturated rings. The summed E-state index contributed by atoms with van der Waals surface area (Å²) in [7, 11) is 0. The van der Waals surface area contributed by atoms with E-state index in [1.807, 2.05) is 0 Å². The Morgan fingerprint density at radius 2 is 0.519 bits per heavy atom. The average Bonchev–Trinajstić information content (AvgIpc) is 2.68. The lowest BCUT2D eigenvalue weighted by Crippen LogP contribution is -1.83. The Balaban J connectivity index is 3.02. The Morgan fingerprint density at radius 3 is 0.815 bits per heavy atom. The lowest BCUT2D eigenvalue weighted by Gasteiger charge is -2.03. The zero-order valence-corrected chi connectivity index (χ0v) is 18.8. The van der Waals surface area contributed by atoms with Crippen molar-refractivity contribution in [1.29, 1.82) is 0 Å². The van der Waals surface area contributed by atoms with Crippen LogP contribution < -0.4 is 0 Å². The summed E-state index contributed by atoms with van der Waals surface area (Å²) >= 11 is 0. The molecule has 0 nitrogen and oxygen atoms in total. The van der Waals surface area contributed by atoms with Crippen molar-refractivity contribution in [3.05, 3.63) is 26.0 Å². The zero-order chi connectivity index (χ0) is 19.7. The van der Waals surface area contributed by atoms with E-state index in [2.05, 4.69) is 26.0 Å². The van der Waals surface area contributed by atoms with Gasteiger partial charge in [0.25, 0.3) is 0 Å². The summed E-state index contributed by atoms with van der Waals surface area (Å²) in [6, 6.07) is 0. The minimum Gasteiger partial charge on any atom is -0.0885 e. The normalized spacial score (nSPS) is 11.6. The van der Waals surface area contributed by atoms with Crippen LogP contribution in [-0.4, -0.2) is 0 Å². The summed E-state index contributed by atoms with van der Waals surface area (Å²) in [6.45, 7) is 7.80. The Kier molecular flexibility index (Phi) is 25.5. The van der Waals surface area contributed by atoms with Crippen LogP contribution in [0.1, 0.15) is 148 Å². The molecule has 0 amide bonds. The summed E-state index contributed by atoms with van der Waals surface area (Å²) in [4.78, 5) is 0. The predicted molar refractivity (Wildman–Crippen MR) is 126 cm³/mol. The minimum atomic E-state index is 1.10. The van der Waals surface area contributed by atoms with Crippen LogP contribution in [0.2, 0.25) is 0 Å². The maximum atomic E-state index is 3.91. The summed E-state index contributed by atoms with van der Waals surface area (Å²) in [5, 5.41) is 0. The molecule has 0 aromatic carbocycles. The van der Waals surface area contributed by atoms with Gasteiger partial charge in [0, 0.05) is 0 Å². The molecule has 2 radical (unpaired) electrons. The van der Waals surface area contributed by atoms with Gasteiger partial charge in [-0.15, -0.1) is 0 Å². The molecule has 0 saturated heterocycles. The first-order valence-electron chi connectivity index (χ1n) is 12.6. The third-order valence-electron chi connectivity index (χ3n) is 5.66. The van der Waals surface area contributed by atoms with Gasteiger partial charge in [-0.2, -0.15) is 0 Å². The van der Waals surface area contributed by atoms with Gasteiger partial charge in [0.1, 0.15) is 0 Å². The molecule has 0 spiro atoms. The third kappa shape index (κ3) is 25.7. The molecule has 0 unspecified atom stereocenters. The van der Waals surface area contributed by atoms with Gasteiger partial charge < -0.3 is 0 Å². The van der Waals surface area contributed by atoms with E-state index in [0.29, 0.717) is 0 Å². The van der Waals surface area contributed by atoms with Gasteiger partial charge in [-0.3, -0.25) is 0 Å². The fourth-order valence-electron chi connectivity index (χ4n) is 3.77. The van der Waals surface area contributed by atoms with E-state index in [9.17, 15) is 0 Å². The van der Waals surface area contributed by atoms with Crippen molar-refractivity contribution in [3.8, 4) is 0 Å². The summed E-state index contributed by atoms with van der Waals surface area (Å²) in [5.41, 5.74) is 0. The van der Waals surface area contributed by atoms with E-state index in [1.54, 1.807) is 0 Å².